The van der Waals surface area contributed by atoms with Crippen molar-refractivity contribution in [2.75, 3.05) is 12.4 Å². The van der Waals surface area contributed by atoms with Crippen LogP contribution in [0.25, 0.3) is 0 Å². The monoisotopic (exact) mass is 233 g/mol. The van der Waals surface area contributed by atoms with Crippen LogP contribution in [-0.4, -0.2) is 35.1 Å². The number of halogens is 1. The second-order valence-corrected chi connectivity index (χ2v) is 5.33. The third-order valence-corrected chi connectivity index (χ3v) is 2.42. The van der Waals surface area contributed by atoms with E-state index in [9.17, 15) is 4.79 Å². The third-order valence-electron chi connectivity index (χ3n) is 2.15. The van der Waals surface area contributed by atoms with Crippen LogP contribution in [0.5, 0.6) is 0 Å². The molecule has 4 heteroatoms. The van der Waals surface area contributed by atoms with Gasteiger partial charge in [-0.25, -0.2) is 4.79 Å². The van der Waals surface area contributed by atoms with Crippen LogP contribution < -0.4 is 0 Å². The summed E-state index contributed by atoms with van der Waals surface area (Å²) in [5.41, 5.74) is -0.412. The van der Waals surface area contributed by atoms with E-state index in [2.05, 4.69) is 0 Å². The zero-order chi connectivity index (χ0) is 11.5. The van der Waals surface area contributed by atoms with E-state index in [1.54, 1.807) is 0 Å². The Bertz CT molecular complexity index is 221. The second-order valence-electron chi connectivity index (χ2n) is 4.95. The Morgan fingerprint density at radius 1 is 1.47 bits per heavy atom. The lowest BCUT2D eigenvalue weighted by Gasteiger charge is -2.27. The van der Waals surface area contributed by atoms with E-state index in [-0.39, 0.29) is 6.09 Å². The molecule has 0 N–H and O–H groups in total. The number of alkyl halides is 1. The van der Waals surface area contributed by atoms with Gasteiger partial charge in [-0.2, -0.15) is 0 Å². The van der Waals surface area contributed by atoms with Crippen molar-refractivity contribution < 1.29 is 9.53 Å². The van der Waals surface area contributed by atoms with Gasteiger partial charge in [-0.15, -0.1) is 11.6 Å². The van der Waals surface area contributed by atoms with Crippen molar-refractivity contribution in [1.29, 1.82) is 0 Å². The summed E-state index contributed by atoms with van der Waals surface area (Å²) in [4.78, 5) is 13.6. The lowest BCUT2D eigenvalue weighted by atomic mass is 10.2. The first-order chi connectivity index (χ1) is 6.94. The molecule has 1 aliphatic carbocycles. The number of carbonyl (C=O) groups excluding carboxylic acids is 1. The number of hydrogen-bond acceptors (Lipinski definition) is 2. The summed E-state index contributed by atoms with van der Waals surface area (Å²) >= 11 is 5.63. The first-order valence-corrected chi connectivity index (χ1v) is 6.03. The lowest BCUT2D eigenvalue weighted by Crippen LogP contribution is -2.38. The van der Waals surface area contributed by atoms with E-state index in [1.807, 2.05) is 25.7 Å². The normalized spacial score (nSPS) is 16.3. The standard InChI is InChI=1S/C11H20ClNO2/c1-11(2,3)15-10(14)13(8-4-7-12)9-5-6-9/h9H,4-8H2,1-3H3. The van der Waals surface area contributed by atoms with Gasteiger partial charge in [-0.3, -0.25) is 0 Å². The molecule has 0 aromatic rings. The molecule has 3 nitrogen and oxygen atoms in total. The molecule has 1 amide bonds. The van der Waals surface area contributed by atoms with Crippen LogP contribution in [0, 0.1) is 0 Å². The fraction of sp³-hybridized carbons (Fsp3) is 0.909. The first-order valence-electron chi connectivity index (χ1n) is 5.49. The van der Waals surface area contributed by atoms with Crippen molar-refractivity contribution >= 4 is 17.7 Å². The van der Waals surface area contributed by atoms with Crippen LogP contribution in [0.1, 0.15) is 40.0 Å². The van der Waals surface area contributed by atoms with Gasteiger partial charge in [-0.05, 0) is 40.0 Å². The average Bonchev–Trinajstić information content (AvgIpc) is 2.85. The van der Waals surface area contributed by atoms with Crippen LogP contribution in [0.3, 0.4) is 0 Å². The van der Waals surface area contributed by atoms with E-state index in [1.165, 1.54) is 0 Å². The molecule has 0 unspecified atom stereocenters. The molecular weight excluding hydrogens is 214 g/mol. The topological polar surface area (TPSA) is 29.5 Å². The van der Waals surface area contributed by atoms with Gasteiger partial charge in [0, 0.05) is 18.5 Å². The van der Waals surface area contributed by atoms with Crippen LogP contribution in [-0.2, 0) is 4.74 Å². The van der Waals surface area contributed by atoms with Crippen LogP contribution in [0.2, 0.25) is 0 Å². The van der Waals surface area contributed by atoms with Crippen LogP contribution in [0.4, 0.5) is 4.79 Å². The molecule has 0 bridgehead atoms. The molecule has 1 rings (SSSR count). The minimum Gasteiger partial charge on any atom is -0.444 e. The largest absolute Gasteiger partial charge is 0.444 e. The molecule has 0 saturated heterocycles. The van der Waals surface area contributed by atoms with E-state index in [0.29, 0.717) is 18.5 Å². The Balaban J connectivity index is 2.44. The fourth-order valence-corrected chi connectivity index (χ4v) is 1.48. The molecule has 1 saturated carbocycles. The molecule has 0 atom stereocenters. The van der Waals surface area contributed by atoms with Crippen molar-refractivity contribution in [3.05, 3.63) is 0 Å². The summed E-state index contributed by atoms with van der Waals surface area (Å²) in [5, 5.41) is 0. The van der Waals surface area contributed by atoms with E-state index in [4.69, 9.17) is 16.3 Å². The molecule has 0 spiro atoms. The fourth-order valence-electron chi connectivity index (χ4n) is 1.36. The smallest absolute Gasteiger partial charge is 0.410 e. The van der Waals surface area contributed by atoms with Gasteiger partial charge >= 0.3 is 6.09 Å². The first kappa shape index (κ1) is 12.6. The summed E-state index contributed by atoms with van der Waals surface area (Å²) in [6, 6.07) is 0.392. The second kappa shape index (κ2) is 5.06. The maximum Gasteiger partial charge on any atom is 0.410 e. The zero-order valence-electron chi connectivity index (χ0n) is 9.75. The summed E-state index contributed by atoms with van der Waals surface area (Å²) in [6.07, 6.45) is 2.83. The van der Waals surface area contributed by atoms with Crippen molar-refractivity contribution in [2.24, 2.45) is 0 Å². The van der Waals surface area contributed by atoms with Gasteiger partial charge < -0.3 is 9.64 Å². The molecule has 1 aliphatic rings. The average molecular weight is 234 g/mol. The molecule has 15 heavy (non-hydrogen) atoms. The summed E-state index contributed by atoms with van der Waals surface area (Å²) in [6.45, 7) is 6.37. The Labute approximate surface area is 96.7 Å². The number of amides is 1. The van der Waals surface area contributed by atoms with E-state index < -0.39 is 5.60 Å². The highest BCUT2D eigenvalue weighted by Gasteiger charge is 2.34. The SMILES string of the molecule is CC(C)(C)OC(=O)N(CCCCl)C1CC1. The van der Waals surface area contributed by atoms with Crippen molar-refractivity contribution in [3.8, 4) is 0 Å². The Morgan fingerprint density at radius 3 is 2.47 bits per heavy atom. The Morgan fingerprint density at radius 2 is 2.07 bits per heavy atom. The van der Waals surface area contributed by atoms with Crippen molar-refractivity contribution in [1.82, 2.24) is 4.90 Å². The number of nitrogens with zero attached hydrogens (tertiary/aromatic N) is 1. The van der Waals surface area contributed by atoms with Crippen molar-refractivity contribution in [3.63, 3.8) is 0 Å². The van der Waals surface area contributed by atoms with Gasteiger partial charge in [0.05, 0.1) is 0 Å². The molecule has 0 aliphatic heterocycles. The molecular formula is C11H20ClNO2. The Hall–Kier alpha value is -0.440. The van der Waals surface area contributed by atoms with Gasteiger partial charge in [0.25, 0.3) is 0 Å². The summed E-state index contributed by atoms with van der Waals surface area (Å²) in [7, 11) is 0. The maximum atomic E-state index is 11.8. The molecule has 0 radical (unpaired) electrons. The molecule has 0 heterocycles. The Kier molecular flexibility index (Phi) is 4.26. The predicted octanol–water partition coefficient (Wildman–Crippen LogP) is 3.01. The third kappa shape index (κ3) is 4.74. The number of carbonyl (C=O) groups is 1. The van der Waals surface area contributed by atoms with Crippen molar-refractivity contribution in [2.45, 2.75) is 51.7 Å². The number of rotatable bonds is 4. The maximum absolute atomic E-state index is 11.8. The minimum absolute atomic E-state index is 0.199. The van der Waals surface area contributed by atoms with E-state index in [0.717, 1.165) is 19.3 Å². The van der Waals surface area contributed by atoms with Crippen LogP contribution in [0.15, 0.2) is 0 Å². The highest BCUT2D eigenvalue weighted by Crippen LogP contribution is 2.28. The quantitative estimate of drug-likeness (QED) is 0.699. The highest BCUT2D eigenvalue weighted by atomic mass is 35.5. The molecule has 0 aromatic carbocycles. The van der Waals surface area contributed by atoms with Gasteiger partial charge in [0.15, 0.2) is 0 Å². The van der Waals surface area contributed by atoms with Gasteiger partial charge in [-0.1, -0.05) is 0 Å². The number of hydrogen-bond donors (Lipinski definition) is 0. The van der Waals surface area contributed by atoms with E-state index >= 15 is 0 Å². The molecule has 88 valence electrons. The summed E-state index contributed by atoms with van der Waals surface area (Å²) < 4.78 is 5.34. The van der Waals surface area contributed by atoms with Gasteiger partial charge in [0.2, 0.25) is 0 Å². The minimum atomic E-state index is -0.412. The highest BCUT2D eigenvalue weighted by molar-refractivity contribution is 6.17. The zero-order valence-corrected chi connectivity index (χ0v) is 10.5. The van der Waals surface area contributed by atoms with Crippen LogP contribution >= 0.6 is 11.6 Å². The predicted molar refractivity (Wildman–Crippen MR) is 61.3 cm³/mol. The number of ether oxygens (including phenoxy) is 1. The van der Waals surface area contributed by atoms with Gasteiger partial charge in [0.1, 0.15) is 5.60 Å². The molecule has 1 fully saturated rings. The lowest BCUT2D eigenvalue weighted by molar-refractivity contribution is 0.0234. The molecule has 0 aromatic heterocycles. The summed E-state index contributed by atoms with van der Waals surface area (Å²) in [5.74, 6) is 0.589.